The summed E-state index contributed by atoms with van der Waals surface area (Å²) in [6.07, 6.45) is 5.64. The molecule has 0 aliphatic carbocycles. The molecule has 0 unspecified atom stereocenters. The topological polar surface area (TPSA) is 44.8 Å². The van der Waals surface area contributed by atoms with Crippen LogP contribution < -0.4 is 4.81 Å². The van der Waals surface area contributed by atoms with Crippen LogP contribution in [0.25, 0.3) is 11.0 Å². The molecule has 14 heavy (non-hydrogen) atoms. The van der Waals surface area contributed by atoms with Gasteiger partial charge in [-0.1, -0.05) is 0 Å². The molecule has 0 bridgehead atoms. The summed E-state index contributed by atoms with van der Waals surface area (Å²) < 4.78 is 0. The summed E-state index contributed by atoms with van der Waals surface area (Å²) in [7, 11) is 5.89. The summed E-state index contributed by atoms with van der Waals surface area (Å²) in [5.41, 5.74) is 2.14. The molecule has 1 aliphatic rings. The molecule has 1 aliphatic heterocycles. The zero-order chi connectivity index (χ0) is 9.54. The van der Waals surface area contributed by atoms with E-state index in [-0.39, 0.29) is 0 Å². The first-order valence-corrected chi connectivity index (χ1v) is 4.69. The second kappa shape index (κ2) is 2.74. The van der Waals surface area contributed by atoms with E-state index in [1.54, 1.807) is 11.1 Å². The smallest absolute Gasteiger partial charge is 0.228 e. The van der Waals surface area contributed by atoms with Crippen LogP contribution in [-0.4, -0.2) is 29.5 Å². The fourth-order valence-corrected chi connectivity index (χ4v) is 1.97. The van der Waals surface area contributed by atoms with Gasteiger partial charge in [0.15, 0.2) is 0 Å². The number of nitrogens with one attached hydrogen (secondary N) is 1. The number of H-pyrrole nitrogens is 1. The number of rotatable bonds is 0. The van der Waals surface area contributed by atoms with Gasteiger partial charge in [-0.15, -0.1) is 0 Å². The van der Waals surface area contributed by atoms with Crippen LogP contribution in [0.2, 0.25) is 0 Å². The molecule has 0 atom stereocenters. The maximum Gasteiger partial charge on any atom is 0.228 e. The van der Waals surface area contributed by atoms with E-state index < -0.39 is 0 Å². The zero-order valence-electron chi connectivity index (χ0n) is 7.70. The van der Waals surface area contributed by atoms with Gasteiger partial charge in [-0.3, -0.25) is 0 Å². The maximum absolute atomic E-state index is 5.89. The zero-order valence-corrected chi connectivity index (χ0v) is 7.70. The minimum atomic E-state index is 0.837. The van der Waals surface area contributed by atoms with Crippen LogP contribution in [0.15, 0.2) is 12.5 Å². The molecule has 0 aromatic carbocycles. The van der Waals surface area contributed by atoms with Crippen molar-refractivity contribution in [1.82, 2.24) is 15.0 Å². The molecule has 3 heterocycles. The second-order valence-corrected chi connectivity index (χ2v) is 3.53. The van der Waals surface area contributed by atoms with Crippen LogP contribution in [0, 0.1) is 0 Å². The predicted octanol–water partition coefficient (Wildman–Crippen LogP) is 0.794. The van der Waals surface area contributed by atoms with Crippen molar-refractivity contribution in [3.63, 3.8) is 0 Å². The summed E-state index contributed by atoms with van der Waals surface area (Å²) >= 11 is 0. The number of nitrogens with zero attached hydrogens (tertiary/aromatic N) is 3. The lowest BCUT2D eigenvalue weighted by Crippen LogP contribution is -2.20. The van der Waals surface area contributed by atoms with Gasteiger partial charge in [-0.2, -0.15) is 0 Å². The standard InChI is InChI=1S/C9H9BN4/c10-14-3-1-2-6-4-11-8-7(6)9(14)13-5-12-8/h4-5H,1-3H2,(H,11,12,13). The van der Waals surface area contributed by atoms with Crippen molar-refractivity contribution in [2.75, 3.05) is 11.4 Å². The third kappa shape index (κ3) is 0.952. The van der Waals surface area contributed by atoms with Gasteiger partial charge in [0.2, 0.25) is 7.98 Å². The molecule has 0 fully saturated rings. The molecular weight excluding hydrogens is 175 g/mol. The van der Waals surface area contributed by atoms with Gasteiger partial charge in [-0.05, 0) is 18.4 Å². The molecule has 3 rings (SSSR count). The molecule has 2 radical (unpaired) electrons. The Bertz CT molecular complexity index is 479. The first-order valence-electron chi connectivity index (χ1n) is 4.69. The summed E-state index contributed by atoms with van der Waals surface area (Å²) in [5, 5.41) is 1.08. The Kier molecular flexibility index (Phi) is 1.53. The van der Waals surface area contributed by atoms with E-state index in [2.05, 4.69) is 15.0 Å². The van der Waals surface area contributed by atoms with E-state index in [1.165, 1.54) is 5.56 Å². The summed E-state index contributed by atoms with van der Waals surface area (Å²) in [4.78, 5) is 13.2. The molecular formula is C9H9BN4. The Morgan fingerprint density at radius 1 is 1.43 bits per heavy atom. The largest absolute Gasteiger partial charge is 0.410 e. The first-order chi connectivity index (χ1) is 6.86. The molecule has 68 valence electrons. The van der Waals surface area contributed by atoms with Gasteiger partial charge in [-0.25, -0.2) is 9.97 Å². The van der Waals surface area contributed by atoms with Crippen LogP contribution in [0.4, 0.5) is 5.82 Å². The van der Waals surface area contributed by atoms with Gasteiger partial charge >= 0.3 is 0 Å². The molecule has 5 heteroatoms. The molecule has 4 nitrogen and oxygen atoms in total. The van der Waals surface area contributed by atoms with Crippen molar-refractivity contribution in [2.45, 2.75) is 12.8 Å². The average molecular weight is 184 g/mol. The molecule has 2 aromatic rings. The van der Waals surface area contributed by atoms with Gasteiger partial charge < -0.3 is 9.79 Å². The van der Waals surface area contributed by atoms with E-state index in [0.717, 1.165) is 36.2 Å². The number of aromatic nitrogens is 3. The fraction of sp³-hybridized carbons (Fsp3) is 0.333. The highest BCUT2D eigenvalue weighted by atomic mass is 15.1. The normalized spacial score (nSPS) is 15.9. The predicted molar refractivity (Wildman–Crippen MR) is 55.3 cm³/mol. The molecule has 2 aromatic heterocycles. The first kappa shape index (κ1) is 7.85. The minimum absolute atomic E-state index is 0.837. The van der Waals surface area contributed by atoms with Gasteiger partial charge in [0.25, 0.3) is 0 Å². The number of hydrogen-bond donors (Lipinski definition) is 1. The van der Waals surface area contributed by atoms with Gasteiger partial charge in [0, 0.05) is 12.7 Å². The maximum atomic E-state index is 5.89. The van der Waals surface area contributed by atoms with Gasteiger partial charge in [0.05, 0.1) is 5.39 Å². The van der Waals surface area contributed by atoms with Crippen LogP contribution in [0.5, 0.6) is 0 Å². The highest BCUT2D eigenvalue weighted by Crippen LogP contribution is 2.28. The summed E-state index contributed by atoms with van der Waals surface area (Å²) in [6.45, 7) is 0.848. The highest BCUT2D eigenvalue weighted by Gasteiger charge is 2.16. The van der Waals surface area contributed by atoms with E-state index in [4.69, 9.17) is 7.98 Å². The number of anilines is 1. The van der Waals surface area contributed by atoms with Crippen molar-refractivity contribution in [1.29, 1.82) is 0 Å². The Balaban J connectivity index is 2.38. The van der Waals surface area contributed by atoms with Crippen molar-refractivity contribution in [2.24, 2.45) is 0 Å². The average Bonchev–Trinajstić information content (AvgIpc) is 2.53. The third-order valence-electron chi connectivity index (χ3n) is 2.65. The van der Waals surface area contributed by atoms with Crippen molar-refractivity contribution in [3.05, 3.63) is 18.1 Å². The van der Waals surface area contributed by atoms with Crippen molar-refractivity contribution in [3.8, 4) is 0 Å². The monoisotopic (exact) mass is 184 g/mol. The Morgan fingerprint density at radius 3 is 3.29 bits per heavy atom. The quantitative estimate of drug-likeness (QED) is 0.615. The van der Waals surface area contributed by atoms with Crippen LogP contribution >= 0.6 is 0 Å². The van der Waals surface area contributed by atoms with E-state index in [0.29, 0.717) is 0 Å². The fourth-order valence-electron chi connectivity index (χ4n) is 1.97. The second-order valence-electron chi connectivity index (χ2n) is 3.53. The SMILES string of the molecule is [B]N1CCCc2c[nH]c3ncnc1c23. The van der Waals surface area contributed by atoms with Crippen LogP contribution in [0.3, 0.4) is 0 Å². The lowest BCUT2D eigenvalue weighted by Gasteiger charge is -2.16. The highest BCUT2D eigenvalue weighted by molar-refractivity contribution is 6.20. The van der Waals surface area contributed by atoms with Crippen molar-refractivity contribution >= 4 is 24.8 Å². The minimum Gasteiger partial charge on any atom is -0.410 e. The molecule has 0 amide bonds. The summed E-state index contributed by atoms with van der Waals surface area (Å²) in [6, 6.07) is 0. The number of aryl methyl sites for hydroxylation is 1. The van der Waals surface area contributed by atoms with Crippen LogP contribution in [-0.2, 0) is 6.42 Å². The Labute approximate surface area is 82.8 Å². The third-order valence-corrected chi connectivity index (χ3v) is 2.65. The lowest BCUT2D eigenvalue weighted by molar-refractivity contribution is 0.840. The molecule has 1 N–H and O–H groups in total. The van der Waals surface area contributed by atoms with E-state index in [9.17, 15) is 0 Å². The summed E-state index contributed by atoms with van der Waals surface area (Å²) in [5.74, 6) is 0.837. The van der Waals surface area contributed by atoms with Gasteiger partial charge in [0.1, 0.15) is 17.8 Å². The van der Waals surface area contributed by atoms with E-state index >= 15 is 0 Å². The molecule has 0 spiro atoms. The van der Waals surface area contributed by atoms with Crippen molar-refractivity contribution < 1.29 is 0 Å². The number of hydrogen-bond acceptors (Lipinski definition) is 3. The van der Waals surface area contributed by atoms with Crippen LogP contribution in [0.1, 0.15) is 12.0 Å². The van der Waals surface area contributed by atoms with E-state index in [1.807, 2.05) is 6.20 Å². The lowest BCUT2D eigenvalue weighted by atomic mass is 10.1. The Hall–Kier alpha value is -1.52. The number of aromatic amines is 1. The molecule has 0 saturated heterocycles. The molecule has 0 saturated carbocycles. The Morgan fingerprint density at radius 2 is 2.36 bits per heavy atom.